The van der Waals surface area contributed by atoms with E-state index >= 15 is 0 Å². The Morgan fingerprint density at radius 1 is 1.00 bits per heavy atom. The van der Waals surface area contributed by atoms with Crippen LogP contribution in [0.15, 0.2) is 36.4 Å². The summed E-state index contributed by atoms with van der Waals surface area (Å²) in [6, 6.07) is 12.2. The van der Waals surface area contributed by atoms with Crippen molar-refractivity contribution in [2.75, 3.05) is 18.7 Å². The predicted octanol–water partition coefficient (Wildman–Crippen LogP) is 3.27. The first-order valence-corrected chi connectivity index (χ1v) is 6.70. The molecular formula is C16H15NO3. The molecule has 102 valence electrons. The molecule has 2 heterocycles. The maximum atomic E-state index is 6.10. The highest BCUT2D eigenvalue weighted by molar-refractivity contribution is 5.59. The molecule has 4 heteroatoms. The van der Waals surface area contributed by atoms with Crippen LogP contribution >= 0.6 is 0 Å². The van der Waals surface area contributed by atoms with Gasteiger partial charge in [-0.1, -0.05) is 12.1 Å². The summed E-state index contributed by atoms with van der Waals surface area (Å²) in [7, 11) is 0. The van der Waals surface area contributed by atoms with Crippen molar-refractivity contribution < 1.29 is 14.2 Å². The largest absolute Gasteiger partial charge is 0.482 e. The van der Waals surface area contributed by atoms with Gasteiger partial charge in [0.25, 0.3) is 0 Å². The van der Waals surface area contributed by atoms with Gasteiger partial charge >= 0.3 is 0 Å². The maximum Gasteiger partial charge on any atom is 0.231 e. The van der Waals surface area contributed by atoms with Gasteiger partial charge in [-0.2, -0.15) is 0 Å². The molecule has 0 spiro atoms. The van der Waals surface area contributed by atoms with E-state index in [4.69, 9.17) is 14.2 Å². The summed E-state index contributed by atoms with van der Waals surface area (Å²) >= 11 is 0. The Bertz CT molecular complexity index is 669. The Kier molecular flexibility index (Phi) is 2.49. The Hall–Kier alpha value is -2.36. The molecule has 0 aromatic heterocycles. The summed E-state index contributed by atoms with van der Waals surface area (Å²) in [6.07, 6.45) is -0.0150. The normalized spacial score (nSPS) is 18.9. The van der Waals surface area contributed by atoms with Crippen molar-refractivity contribution in [3.05, 3.63) is 47.5 Å². The molecule has 2 aromatic rings. The number of ether oxygens (including phenoxy) is 3. The number of fused-ring (bicyclic) bond motifs is 2. The van der Waals surface area contributed by atoms with E-state index in [9.17, 15) is 0 Å². The zero-order valence-electron chi connectivity index (χ0n) is 11.2. The topological polar surface area (TPSA) is 39.7 Å². The van der Waals surface area contributed by atoms with Crippen LogP contribution in [-0.2, 0) is 0 Å². The van der Waals surface area contributed by atoms with Crippen LogP contribution in [0.1, 0.15) is 17.2 Å². The molecule has 1 N–H and O–H groups in total. The van der Waals surface area contributed by atoms with Gasteiger partial charge < -0.3 is 19.5 Å². The predicted molar refractivity (Wildman–Crippen MR) is 75.6 cm³/mol. The van der Waals surface area contributed by atoms with E-state index < -0.39 is 0 Å². The van der Waals surface area contributed by atoms with Crippen molar-refractivity contribution in [2.45, 2.75) is 13.0 Å². The molecule has 2 aromatic carbocycles. The summed E-state index contributed by atoms with van der Waals surface area (Å²) in [5.41, 5.74) is 3.33. The standard InChI is InChI=1S/C16H15NO3/c1-10-2-4-12-14(6-10)20-16(8-17-12)11-3-5-13-15(7-11)19-9-18-13/h2-7,16-17H,8-9H2,1H3. The van der Waals surface area contributed by atoms with E-state index in [1.54, 1.807) is 0 Å². The van der Waals surface area contributed by atoms with E-state index in [0.29, 0.717) is 6.79 Å². The van der Waals surface area contributed by atoms with E-state index in [1.165, 1.54) is 5.56 Å². The molecule has 20 heavy (non-hydrogen) atoms. The molecule has 0 amide bonds. The minimum Gasteiger partial charge on any atom is -0.482 e. The van der Waals surface area contributed by atoms with E-state index in [2.05, 4.69) is 30.4 Å². The molecule has 0 aliphatic carbocycles. The molecule has 0 fully saturated rings. The Labute approximate surface area is 117 Å². The number of nitrogens with one attached hydrogen (secondary N) is 1. The lowest BCUT2D eigenvalue weighted by Gasteiger charge is -2.28. The third-order valence-electron chi connectivity index (χ3n) is 3.65. The van der Waals surface area contributed by atoms with Gasteiger partial charge in [0.1, 0.15) is 11.9 Å². The second-order valence-corrected chi connectivity index (χ2v) is 5.10. The van der Waals surface area contributed by atoms with Crippen molar-refractivity contribution in [3.63, 3.8) is 0 Å². The van der Waals surface area contributed by atoms with Crippen LogP contribution in [0, 0.1) is 6.92 Å². The third-order valence-corrected chi connectivity index (χ3v) is 3.65. The number of aryl methyl sites for hydroxylation is 1. The van der Waals surface area contributed by atoms with Gasteiger partial charge in [0.15, 0.2) is 11.5 Å². The summed E-state index contributed by atoms with van der Waals surface area (Å²) in [5, 5.41) is 3.41. The van der Waals surface area contributed by atoms with E-state index in [0.717, 1.165) is 35.0 Å². The first kappa shape index (κ1) is 11.5. The third kappa shape index (κ3) is 1.84. The highest BCUT2D eigenvalue weighted by atomic mass is 16.7. The van der Waals surface area contributed by atoms with E-state index in [-0.39, 0.29) is 6.10 Å². The summed E-state index contributed by atoms with van der Waals surface area (Å²) in [6.45, 7) is 3.11. The minimum absolute atomic E-state index is 0.0150. The van der Waals surface area contributed by atoms with Gasteiger partial charge in [-0.25, -0.2) is 0 Å². The van der Waals surface area contributed by atoms with Gasteiger partial charge in [-0.05, 0) is 42.3 Å². The zero-order chi connectivity index (χ0) is 13.5. The second kappa shape index (κ2) is 4.34. The van der Waals surface area contributed by atoms with Crippen molar-refractivity contribution in [1.29, 1.82) is 0 Å². The molecule has 4 nitrogen and oxygen atoms in total. The second-order valence-electron chi connectivity index (χ2n) is 5.10. The van der Waals surface area contributed by atoms with Gasteiger partial charge in [0.2, 0.25) is 6.79 Å². The fourth-order valence-electron chi connectivity index (χ4n) is 2.57. The summed E-state index contributed by atoms with van der Waals surface area (Å²) < 4.78 is 16.9. The molecule has 4 rings (SSSR count). The first-order valence-electron chi connectivity index (χ1n) is 6.70. The fourth-order valence-corrected chi connectivity index (χ4v) is 2.57. The lowest BCUT2D eigenvalue weighted by atomic mass is 10.1. The smallest absolute Gasteiger partial charge is 0.231 e. The molecule has 2 aliphatic heterocycles. The number of benzene rings is 2. The van der Waals surface area contributed by atoms with Crippen LogP contribution in [0.3, 0.4) is 0 Å². The SMILES string of the molecule is Cc1ccc2c(c1)OC(c1ccc3c(c1)OCO3)CN2. The van der Waals surface area contributed by atoms with Crippen LogP contribution in [0.25, 0.3) is 0 Å². The highest BCUT2D eigenvalue weighted by Gasteiger charge is 2.23. The lowest BCUT2D eigenvalue weighted by Crippen LogP contribution is -2.23. The van der Waals surface area contributed by atoms with Crippen molar-refractivity contribution >= 4 is 5.69 Å². The number of hydrogen-bond donors (Lipinski definition) is 1. The van der Waals surface area contributed by atoms with Crippen LogP contribution in [0.2, 0.25) is 0 Å². The Morgan fingerprint density at radius 3 is 2.85 bits per heavy atom. The summed E-state index contributed by atoms with van der Waals surface area (Å²) in [5.74, 6) is 2.49. The molecule has 0 saturated heterocycles. The molecular weight excluding hydrogens is 254 g/mol. The van der Waals surface area contributed by atoms with Gasteiger partial charge in [0.05, 0.1) is 12.2 Å². The van der Waals surface area contributed by atoms with Gasteiger partial charge in [0, 0.05) is 0 Å². The van der Waals surface area contributed by atoms with Crippen molar-refractivity contribution in [1.82, 2.24) is 0 Å². The Balaban J connectivity index is 1.64. The van der Waals surface area contributed by atoms with Gasteiger partial charge in [-0.15, -0.1) is 0 Å². The van der Waals surface area contributed by atoms with E-state index in [1.807, 2.05) is 18.2 Å². The Morgan fingerprint density at radius 2 is 1.90 bits per heavy atom. The fraction of sp³-hybridized carbons (Fsp3) is 0.250. The van der Waals surface area contributed by atoms with Crippen LogP contribution < -0.4 is 19.5 Å². The number of anilines is 1. The van der Waals surface area contributed by atoms with Crippen LogP contribution in [0.4, 0.5) is 5.69 Å². The highest BCUT2D eigenvalue weighted by Crippen LogP contribution is 2.38. The molecule has 2 aliphatic rings. The number of rotatable bonds is 1. The summed E-state index contributed by atoms with van der Waals surface area (Å²) in [4.78, 5) is 0. The van der Waals surface area contributed by atoms with Gasteiger partial charge in [-0.3, -0.25) is 0 Å². The van der Waals surface area contributed by atoms with Crippen molar-refractivity contribution in [2.24, 2.45) is 0 Å². The quantitative estimate of drug-likeness (QED) is 0.862. The first-order chi connectivity index (χ1) is 9.79. The molecule has 0 radical (unpaired) electrons. The molecule has 0 bridgehead atoms. The average molecular weight is 269 g/mol. The minimum atomic E-state index is -0.0150. The van der Waals surface area contributed by atoms with Crippen LogP contribution in [0.5, 0.6) is 17.2 Å². The lowest BCUT2D eigenvalue weighted by molar-refractivity contribution is 0.173. The van der Waals surface area contributed by atoms with Crippen molar-refractivity contribution in [3.8, 4) is 17.2 Å². The number of hydrogen-bond acceptors (Lipinski definition) is 4. The molecule has 1 unspecified atom stereocenters. The zero-order valence-corrected chi connectivity index (χ0v) is 11.2. The maximum absolute atomic E-state index is 6.10. The average Bonchev–Trinajstić information content (AvgIpc) is 2.93. The van der Waals surface area contributed by atoms with Crippen LogP contribution in [-0.4, -0.2) is 13.3 Å². The monoisotopic (exact) mass is 269 g/mol. The molecule has 0 saturated carbocycles. The molecule has 1 atom stereocenters.